The van der Waals surface area contributed by atoms with Crippen LogP contribution in [0.1, 0.15) is 35.7 Å². The van der Waals surface area contributed by atoms with Crippen LogP contribution in [0.2, 0.25) is 0 Å². The van der Waals surface area contributed by atoms with Gasteiger partial charge in [0.1, 0.15) is 5.52 Å². The topological polar surface area (TPSA) is 63.1 Å². The van der Waals surface area contributed by atoms with Crippen LogP contribution < -0.4 is 5.32 Å². The minimum absolute atomic E-state index is 0.0787. The molecule has 6 heteroatoms. The Hall–Kier alpha value is -2.73. The van der Waals surface area contributed by atoms with Crippen LogP contribution in [0.3, 0.4) is 0 Å². The van der Waals surface area contributed by atoms with Crippen molar-refractivity contribution in [2.24, 2.45) is 0 Å². The van der Waals surface area contributed by atoms with Crippen LogP contribution >= 0.6 is 0 Å². The maximum Gasteiger partial charge on any atom is 0.252 e. The van der Waals surface area contributed by atoms with Crippen molar-refractivity contribution >= 4 is 17.1 Å². The van der Waals surface area contributed by atoms with Gasteiger partial charge in [-0.1, -0.05) is 37.3 Å². The van der Waals surface area contributed by atoms with Crippen LogP contribution in [0.15, 0.2) is 48.9 Å². The standard InChI is InChI=1S/C21H25N5O/c1-2-25-10-6-9-18(25)13-23-21(27)17-11-19-20(22-12-17)26(15-24-19)14-16-7-4-3-5-8-16/h3-5,7-8,11-12,15,18H,2,6,9-10,13-14H2,1H3,(H,23,27)/t18-/m0/s1. The van der Waals surface area contributed by atoms with Crippen molar-refractivity contribution in [3.63, 3.8) is 0 Å². The lowest BCUT2D eigenvalue weighted by molar-refractivity contribution is 0.0941. The number of pyridine rings is 1. The van der Waals surface area contributed by atoms with Crippen LogP contribution in [-0.4, -0.2) is 51.0 Å². The number of hydrogen-bond donors (Lipinski definition) is 1. The first-order valence-corrected chi connectivity index (χ1v) is 9.61. The number of benzene rings is 1. The quantitative estimate of drug-likeness (QED) is 0.731. The van der Waals surface area contributed by atoms with Gasteiger partial charge < -0.3 is 9.88 Å². The molecule has 0 spiro atoms. The summed E-state index contributed by atoms with van der Waals surface area (Å²) in [6, 6.07) is 12.5. The van der Waals surface area contributed by atoms with E-state index in [2.05, 4.69) is 39.2 Å². The summed E-state index contributed by atoms with van der Waals surface area (Å²) in [7, 11) is 0. The number of aromatic nitrogens is 3. The molecule has 1 amide bonds. The van der Waals surface area contributed by atoms with Crippen molar-refractivity contribution in [3.8, 4) is 0 Å². The highest BCUT2D eigenvalue weighted by molar-refractivity contribution is 5.96. The maximum absolute atomic E-state index is 12.5. The van der Waals surface area contributed by atoms with E-state index in [1.165, 1.54) is 12.0 Å². The van der Waals surface area contributed by atoms with Gasteiger partial charge in [-0.25, -0.2) is 9.97 Å². The summed E-state index contributed by atoms with van der Waals surface area (Å²) < 4.78 is 2.00. The SMILES string of the molecule is CCN1CCC[C@H]1CNC(=O)c1cnc2c(c1)ncn2Cc1ccccc1. The van der Waals surface area contributed by atoms with Gasteiger partial charge in [0.15, 0.2) is 5.65 Å². The number of nitrogens with one attached hydrogen (secondary N) is 1. The molecule has 1 atom stereocenters. The van der Waals surface area contributed by atoms with Gasteiger partial charge in [0.2, 0.25) is 0 Å². The third-order valence-corrected chi connectivity index (χ3v) is 5.32. The van der Waals surface area contributed by atoms with Gasteiger partial charge in [-0.3, -0.25) is 9.69 Å². The molecule has 3 heterocycles. The number of likely N-dealkylation sites (N-methyl/N-ethyl adjacent to an activating group) is 1. The molecule has 27 heavy (non-hydrogen) atoms. The van der Waals surface area contributed by atoms with Gasteiger partial charge in [0, 0.05) is 18.8 Å². The average Bonchev–Trinajstić information content (AvgIpc) is 3.33. The number of carbonyl (C=O) groups is 1. The zero-order valence-electron chi connectivity index (χ0n) is 15.6. The van der Waals surface area contributed by atoms with Crippen molar-refractivity contribution < 1.29 is 4.79 Å². The number of likely N-dealkylation sites (tertiary alicyclic amines) is 1. The molecule has 0 bridgehead atoms. The fourth-order valence-electron chi connectivity index (χ4n) is 3.82. The molecule has 0 aliphatic carbocycles. The van der Waals surface area contributed by atoms with Crippen LogP contribution in [0.25, 0.3) is 11.2 Å². The predicted molar refractivity (Wildman–Crippen MR) is 106 cm³/mol. The molecule has 1 N–H and O–H groups in total. The molecule has 0 radical (unpaired) electrons. The van der Waals surface area contributed by atoms with Gasteiger partial charge in [0.05, 0.1) is 18.4 Å². The smallest absolute Gasteiger partial charge is 0.252 e. The Balaban J connectivity index is 1.45. The lowest BCUT2D eigenvalue weighted by atomic mass is 10.2. The molecule has 6 nitrogen and oxygen atoms in total. The molecule has 1 aliphatic rings. The van der Waals surface area contributed by atoms with Gasteiger partial charge >= 0.3 is 0 Å². The molecular formula is C21H25N5O. The van der Waals surface area contributed by atoms with E-state index in [0.29, 0.717) is 24.7 Å². The van der Waals surface area contributed by atoms with Crippen molar-refractivity contribution in [3.05, 3.63) is 60.0 Å². The van der Waals surface area contributed by atoms with Crippen molar-refractivity contribution in [2.75, 3.05) is 19.6 Å². The monoisotopic (exact) mass is 363 g/mol. The summed E-state index contributed by atoms with van der Waals surface area (Å²) in [4.78, 5) is 23.9. The van der Waals surface area contributed by atoms with E-state index in [1.54, 1.807) is 12.5 Å². The lowest BCUT2D eigenvalue weighted by Gasteiger charge is -2.22. The first-order valence-electron chi connectivity index (χ1n) is 9.61. The van der Waals surface area contributed by atoms with Crippen molar-refractivity contribution in [2.45, 2.75) is 32.4 Å². The Bertz CT molecular complexity index is 921. The third-order valence-electron chi connectivity index (χ3n) is 5.32. The first kappa shape index (κ1) is 17.7. The summed E-state index contributed by atoms with van der Waals surface area (Å²) in [5.41, 5.74) is 3.30. The van der Waals surface area contributed by atoms with Gasteiger partial charge in [-0.2, -0.15) is 0 Å². The number of fused-ring (bicyclic) bond motifs is 1. The summed E-state index contributed by atoms with van der Waals surface area (Å²) in [6.45, 7) is 5.73. The third kappa shape index (κ3) is 3.85. The van der Waals surface area contributed by atoms with E-state index in [1.807, 2.05) is 28.8 Å². The van der Waals surface area contributed by atoms with Crippen molar-refractivity contribution in [1.29, 1.82) is 0 Å². The van der Waals surface area contributed by atoms with Gasteiger partial charge in [0.25, 0.3) is 5.91 Å². The molecule has 1 saturated heterocycles. The number of carbonyl (C=O) groups excluding carboxylic acids is 1. The Morgan fingerprint density at radius 2 is 2.11 bits per heavy atom. The predicted octanol–water partition coefficient (Wildman–Crippen LogP) is 2.69. The number of rotatable bonds is 6. The van der Waals surface area contributed by atoms with E-state index in [9.17, 15) is 4.79 Å². The van der Waals surface area contributed by atoms with Crippen LogP contribution in [0.5, 0.6) is 0 Å². The fraction of sp³-hybridized carbons (Fsp3) is 0.381. The van der Waals surface area contributed by atoms with E-state index in [0.717, 1.165) is 30.7 Å². The maximum atomic E-state index is 12.5. The minimum atomic E-state index is -0.0787. The van der Waals surface area contributed by atoms with Crippen molar-refractivity contribution in [1.82, 2.24) is 24.8 Å². The number of imidazole rings is 1. The highest BCUT2D eigenvalue weighted by Gasteiger charge is 2.23. The Morgan fingerprint density at radius 1 is 1.26 bits per heavy atom. The first-order chi connectivity index (χ1) is 13.2. The second-order valence-corrected chi connectivity index (χ2v) is 7.06. The summed E-state index contributed by atoms with van der Waals surface area (Å²) in [5.74, 6) is -0.0787. The molecule has 4 rings (SSSR count). The highest BCUT2D eigenvalue weighted by atomic mass is 16.1. The Labute approximate surface area is 159 Å². The van der Waals surface area contributed by atoms with E-state index in [4.69, 9.17) is 0 Å². The fourth-order valence-corrected chi connectivity index (χ4v) is 3.82. The van der Waals surface area contributed by atoms with Crippen LogP contribution in [0, 0.1) is 0 Å². The largest absolute Gasteiger partial charge is 0.350 e. The average molecular weight is 363 g/mol. The number of hydrogen-bond acceptors (Lipinski definition) is 4. The lowest BCUT2D eigenvalue weighted by Crippen LogP contribution is -2.40. The van der Waals surface area contributed by atoms with Gasteiger partial charge in [-0.05, 0) is 37.6 Å². The molecular weight excluding hydrogens is 338 g/mol. The molecule has 1 aliphatic heterocycles. The molecule has 2 aromatic heterocycles. The Morgan fingerprint density at radius 3 is 2.93 bits per heavy atom. The van der Waals surface area contributed by atoms with Crippen LogP contribution in [0.4, 0.5) is 0 Å². The van der Waals surface area contributed by atoms with Gasteiger partial charge in [-0.15, -0.1) is 0 Å². The van der Waals surface area contributed by atoms with E-state index >= 15 is 0 Å². The second kappa shape index (κ2) is 7.88. The molecule has 1 fully saturated rings. The zero-order chi connectivity index (χ0) is 18.6. The number of nitrogens with zero attached hydrogens (tertiary/aromatic N) is 4. The van der Waals surface area contributed by atoms with E-state index < -0.39 is 0 Å². The molecule has 1 aromatic carbocycles. The summed E-state index contributed by atoms with van der Waals surface area (Å²) in [5, 5.41) is 3.06. The summed E-state index contributed by atoms with van der Waals surface area (Å²) in [6.07, 6.45) is 5.78. The molecule has 0 saturated carbocycles. The van der Waals surface area contributed by atoms with Crippen LogP contribution in [-0.2, 0) is 6.54 Å². The number of amides is 1. The Kier molecular flexibility index (Phi) is 5.16. The molecule has 3 aromatic rings. The summed E-state index contributed by atoms with van der Waals surface area (Å²) >= 11 is 0. The zero-order valence-corrected chi connectivity index (χ0v) is 15.6. The van der Waals surface area contributed by atoms with E-state index in [-0.39, 0.29) is 5.91 Å². The minimum Gasteiger partial charge on any atom is -0.350 e. The molecule has 0 unspecified atom stereocenters. The normalized spacial score (nSPS) is 17.4. The second-order valence-electron chi connectivity index (χ2n) is 7.06. The highest BCUT2D eigenvalue weighted by Crippen LogP contribution is 2.17. The molecule has 140 valence electrons.